The molecule has 0 radical (unpaired) electrons. The summed E-state index contributed by atoms with van der Waals surface area (Å²) in [6, 6.07) is 3.26. The van der Waals surface area contributed by atoms with Crippen LogP contribution in [0.2, 0.25) is 0 Å². The van der Waals surface area contributed by atoms with Gasteiger partial charge in [0, 0.05) is 38.3 Å². The molecular weight excluding hydrogens is 235 g/mol. The quantitative estimate of drug-likeness (QED) is 0.851. The van der Waals surface area contributed by atoms with Gasteiger partial charge in [-0.3, -0.25) is 4.90 Å². The van der Waals surface area contributed by atoms with Gasteiger partial charge in [-0.05, 0) is 6.07 Å². The number of nitrogens with one attached hydrogen (secondary N) is 1. The van der Waals surface area contributed by atoms with Gasteiger partial charge in [0.15, 0.2) is 17.3 Å². The predicted molar refractivity (Wildman–Crippen MR) is 65.5 cm³/mol. The van der Waals surface area contributed by atoms with Crippen molar-refractivity contribution in [1.29, 1.82) is 0 Å². The van der Waals surface area contributed by atoms with Crippen LogP contribution in [-0.2, 0) is 6.54 Å². The minimum Gasteiger partial charge on any atom is -0.486 e. The molecule has 4 nitrogen and oxygen atoms in total. The maximum atomic E-state index is 13.6. The van der Waals surface area contributed by atoms with Gasteiger partial charge in [-0.15, -0.1) is 0 Å². The molecule has 18 heavy (non-hydrogen) atoms. The normalized spacial score (nSPS) is 19.8. The Morgan fingerprint density at radius 3 is 2.61 bits per heavy atom. The van der Waals surface area contributed by atoms with Gasteiger partial charge in [0.25, 0.3) is 0 Å². The number of halogens is 1. The van der Waals surface area contributed by atoms with Crippen molar-refractivity contribution in [3.63, 3.8) is 0 Å². The molecule has 0 aromatic heterocycles. The minimum absolute atomic E-state index is 0.272. The number of piperazine rings is 1. The summed E-state index contributed by atoms with van der Waals surface area (Å²) in [4.78, 5) is 2.34. The zero-order chi connectivity index (χ0) is 12.4. The van der Waals surface area contributed by atoms with Gasteiger partial charge in [0.2, 0.25) is 0 Å². The lowest BCUT2D eigenvalue weighted by Crippen LogP contribution is -2.43. The van der Waals surface area contributed by atoms with Crippen molar-refractivity contribution in [1.82, 2.24) is 10.2 Å². The Morgan fingerprint density at radius 1 is 1.11 bits per heavy atom. The Morgan fingerprint density at radius 2 is 1.83 bits per heavy atom. The summed E-state index contributed by atoms with van der Waals surface area (Å²) in [5.74, 6) is 0.516. The van der Waals surface area contributed by atoms with E-state index in [0.717, 1.165) is 38.3 Å². The molecule has 2 aliphatic heterocycles. The molecule has 0 bridgehead atoms. The SMILES string of the molecule is Fc1ccc(CN2CCNCC2)c2c1OCCO2. The van der Waals surface area contributed by atoms with Crippen LogP contribution in [0.4, 0.5) is 4.39 Å². The highest BCUT2D eigenvalue weighted by Crippen LogP contribution is 2.36. The summed E-state index contributed by atoms with van der Waals surface area (Å²) in [7, 11) is 0. The molecule has 3 rings (SSSR count). The Balaban J connectivity index is 1.82. The second kappa shape index (κ2) is 5.12. The molecule has 1 N–H and O–H groups in total. The van der Waals surface area contributed by atoms with Gasteiger partial charge in [0.1, 0.15) is 13.2 Å². The predicted octanol–water partition coefficient (Wildman–Crippen LogP) is 1.00. The molecule has 0 atom stereocenters. The molecule has 2 heterocycles. The van der Waals surface area contributed by atoms with E-state index < -0.39 is 0 Å². The second-order valence-corrected chi connectivity index (χ2v) is 4.59. The fourth-order valence-electron chi connectivity index (χ4n) is 2.39. The van der Waals surface area contributed by atoms with Crippen molar-refractivity contribution in [2.45, 2.75) is 6.54 Å². The lowest BCUT2D eigenvalue weighted by atomic mass is 10.1. The first-order valence-electron chi connectivity index (χ1n) is 6.34. The zero-order valence-corrected chi connectivity index (χ0v) is 10.2. The topological polar surface area (TPSA) is 33.7 Å². The third kappa shape index (κ3) is 2.28. The average Bonchev–Trinajstić information content (AvgIpc) is 2.44. The highest BCUT2D eigenvalue weighted by Gasteiger charge is 2.22. The van der Waals surface area contributed by atoms with E-state index >= 15 is 0 Å². The van der Waals surface area contributed by atoms with Gasteiger partial charge < -0.3 is 14.8 Å². The maximum Gasteiger partial charge on any atom is 0.197 e. The molecular formula is C13H17FN2O2. The van der Waals surface area contributed by atoms with Crippen LogP contribution in [0.15, 0.2) is 12.1 Å². The van der Waals surface area contributed by atoms with E-state index in [1.165, 1.54) is 6.07 Å². The van der Waals surface area contributed by atoms with Gasteiger partial charge in [-0.1, -0.05) is 6.07 Å². The summed E-state index contributed by atoms with van der Waals surface area (Å²) in [5.41, 5.74) is 1.01. The fourth-order valence-corrected chi connectivity index (χ4v) is 2.39. The number of hydrogen-bond donors (Lipinski definition) is 1. The Labute approximate surface area is 106 Å². The lowest BCUT2D eigenvalue weighted by molar-refractivity contribution is 0.158. The van der Waals surface area contributed by atoms with Crippen LogP contribution in [0, 0.1) is 5.82 Å². The molecule has 5 heteroatoms. The molecule has 0 spiro atoms. The largest absolute Gasteiger partial charge is 0.486 e. The molecule has 0 amide bonds. The van der Waals surface area contributed by atoms with Crippen LogP contribution in [0.25, 0.3) is 0 Å². The minimum atomic E-state index is -0.339. The molecule has 98 valence electrons. The third-order valence-electron chi connectivity index (χ3n) is 3.33. The van der Waals surface area contributed by atoms with Gasteiger partial charge in [-0.25, -0.2) is 4.39 Å². The van der Waals surface area contributed by atoms with Gasteiger partial charge in [-0.2, -0.15) is 0 Å². The summed E-state index contributed by atoms with van der Waals surface area (Å²) < 4.78 is 24.5. The molecule has 1 saturated heterocycles. The number of rotatable bonds is 2. The van der Waals surface area contributed by atoms with Crippen LogP contribution in [0.1, 0.15) is 5.56 Å². The van der Waals surface area contributed by atoms with E-state index in [-0.39, 0.29) is 11.6 Å². The van der Waals surface area contributed by atoms with E-state index in [0.29, 0.717) is 19.0 Å². The standard InChI is InChI=1S/C13H17FN2O2/c14-11-2-1-10(9-16-5-3-15-4-6-16)12-13(11)18-8-7-17-12/h1-2,15H,3-9H2. The molecule has 0 unspecified atom stereocenters. The van der Waals surface area contributed by atoms with E-state index in [4.69, 9.17) is 9.47 Å². The smallest absolute Gasteiger partial charge is 0.197 e. The lowest BCUT2D eigenvalue weighted by Gasteiger charge is -2.29. The number of hydrogen-bond acceptors (Lipinski definition) is 4. The zero-order valence-electron chi connectivity index (χ0n) is 10.2. The number of fused-ring (bicyclic) bond motifs is 1. The van der Waals surface area contributed by atoms with E-state index in [1.807, 2.05) is 0 Å². The van der Waals surface area contributed by atoms with Crippen molar-refractivity contribution >= 4 is 0 Å². The molecule has 0 saturated carbocycles. The third-order valence-corrected chi connectivity index (χ3v) is 3.33. The Kier molecular flexibility index (Phi) is 3.34. The summed E-state index contributed by atoms with van der Waals surface area (Å²) in [6.45, 7) is 5.71. The van der Waals surface area contributed by atoms with Crippen LogP contribution < -0.4 is 14.8 Å². The van der Waals surface area contributed by atoms with Gasteiger partial charge >= 0.3 is 0 Å². The van der Waals surface area contributed by atoms with E-state index in [9.17, 15) is 4.39 Å². The average molecular weight is 252 g/mol. The summed E-state index contributed by atoms with van der Waals surface area (Å²) in [6.07, 6.45) is 0. The van der Waals surface area contributed by atoms with Crippen molar-refractivity contribution in [2.24, 2.45) is 0 Å². The van der Waals surface area contributed by atoms with Crippen molar-refractivity contribution in [2.75, 3.05) is 39.4 Å². The monoisotopic (exact) mass is 252 g/mol. The van der Waals surface area contributed by atoms with Crippen molar-refractivity contribution < 1.29 is 13.9 Å². The molecule has 1 aromatic carbocycles. The van der Waals surface area contributed by atoms with Crippen LogP contribution in [-0.4, -0.2) is 44.3 Å². The Bertz CT molecular complexity index is 433. The van der Waals surface area contributed by atoms with Crippen molar-refractivity contribution in [3.05, 3.63) is 23.5 Å². The van der Waals surface area contributed by atoms with Crippen molar-refractivity contribution in [3.8, 4) is 11.5 Å². The molecule has 1 fully saturated rings. The first-order chi connectivity index (χ1) is 8.84. The summed E-state index contributed by atoms with van der Waals surface area (Å²) >= 11 is 0. The number of nitrogens with zero attached hydrogens (tertiary/aromatic N) is 1. The Hall–Kier alpha value is -1.33. The highest BCUT2D eigenvalue weighted by molar-refractivity contribution is 5.48. The van der Waals surface area contributed by atoms with Gasteiger partial charge in [0.05, 0.1) is 0 Å². The number of ether oxygens (including phenoxy) is 2. The first kappa shape index (κ1) is 11.7. The highest BCUT2D eigenvalue weighted by atomic mass is 19.1. The van der Waals surface area contributed by atoms with E-state index in [1.54, 1.807) is 6.07 Å². The maximum absolute atomic E-state index is 13.6. The molecule has 0 aliphatic carbocycles. The number of benzene rings is 1. The molecule has 1 aromatic rings. The second-order valence-electron chi connectivity index (χ2n) is 4.59. The first-order valence-corrected chi connectivity index (χ1v) is 6.34. The van der Waals surface area contributed by atoms with E-state index in [2.05, 4.69) is 10.2 Å². The molecule has 2 aliphatic rings. The fraction of sp³-hybridized carbons (Fsp3) is 0.538. The van der Waals surface area contributed by atoms with Crippen LogP contribution in [0.3, 0.4) is 0 Å². The van der Waals surface area contributed by atoms with Crippen LogP contribution >= 0.6 is 0 Å². The summed E-state index contributed by atoms with van der Waals surface area (Å²) in [5, 5.41) is 3.31. The van der Waals surface area contributed by atoms with Crippen LogP contribution in [0.5, 0.6) is 11.5 Å².